The van der Waals surface area contributed by atoms with E-state index in [1.54, 1.807) is 0 Å². The second-order valence-electron chi connectivity index (χ2n) is 6.04. The van der Waals surface area contributed by atoms with Gasteiger partial charge in [0.15, 0.2) is 0 Å². The third-order valence-corrected chi connectivity index (χ3v) is 4.05. The summed E-state index contributed by atoms with van der Waals surface area (Å²) in [7, 11) is 2.04. The number of nitrogens with one attached hydrogen (secondary N) is 1. The Morgan fingerprint density at radius 1 is 1.11 bits per heavy atom. The SMILES string of the molecule is CNC(c1cc(C)c(C)cc1C)C(C)(C)CCN. The molecule has 2 heteroatoms. The van der Waals surface area contributed by atoms with Crippen molar-refractivity contribution in [1.29, 1.82) is 0 Å². The highest BCUT2D eigenvalue weighted by Crippen LogP contribution is 2.37. The third kappa shape index (κ3) is 3.12. The highest BCUT2D eigenvalue weighted by molar-refractivity contribution is 5.39. The second-order valence-corrected chi connectivity index (χ2v) is 6.04. The highest BCUT2D eigenvalue weighted by Gasteiger charge is 2.30. The monoisotopic (exact) mass is 248 g/mol. The van der Waals surface area contributed by atoms with E-state index in [1.165, 1.54) is 22.3 Å². The number of hydrogen-bond donors (Lipinski definition) is 2. The molecule has 1 aromatic rings. The third-order valence-electron chi connectivity index (χ3n) is 4.05. The fourth-order valence-electron chi connectivity index (χ4n) is 2.78. The summed E-state index contributed by atoms with van der Waals surface area (Å²) in [6.07, 6.45) is 1.02. The quantitative estimate of drug-likeness (QED) is 0.839. The molecule has 0 fully saturated rings. The van der Waals surface area contributed by atoms with Crippen LogP contribution in [-0.4, -0.2) is 13.6 Å². The summed E-state index contributed by atoms with van der Waals surface area (Å²) in [5, 5.41) is 3.48. The van der Waals surface area contributed by atoms with Crippen LogP contribution in [0.2, 0.25) is 0 Å². The van der Waals surface area contributed by atoms with Crippen molar-refractivity contribution in [3.8, 4) is 0 Å². The van der Waals surface area contributed by atoms with E-state index in [2.05, 4.69) is 52.1 Å². The van der Waals surface area contributed by atoms with Gasteiger partial charge in [-0.25, -0.2) is 0 Å². The number of benzene rings is 1. The zero-order valence-corrected chi connectivity index (χ0v) is 12.7. The van der Waals surface area contributed by atoms with Gasteiger partial charge in [-0.05, 0) is 68.5 Å². The number of nitrogens with two attached hydrogens (primary N) is 1. The van der Waals surface area contributed by atoms with Gasteiger partial charge in [-0.1, -0.05) is 26.0 Å². The molecule has 0 bridgehead atoms. The molecule has 18 heavy (non-hydrogen) atoms. The van der Waals surface area contributed by atoms with E-state index < -0.39 is 0 Å². The van der Waals surface area contributed by atoms with Crippen LogP contribution in [0.3, 0.4) is 0 Å². The molecule has 0 saturated heterocycles. The lowest BCUT2D eigenvalue weighted by Gasteiger charge is -2.35. The molecular weight excluding hydrogens is 220 g/mol. The first-order valence-corrected chi connectivity index (χ1v) is 6.78. The van der Waals surface area contributed by atoms with Crippen molar-refractivity contribution in [2.45, 2.75) is 47.1 Å². The van der Waals surface area contributed by atoms with Crippen molar-refractivity contribution in [3.63, 3.8) is 0 Å². The summed E-state index contributed by atoms with van der Waals surface area (Å²) in [5.41, 5.74) is 11.4. The van der Waals surface area contributed by atoms with Crippen LogP contribution in [0.15, 0.2) is 12.1 Å². The van der Waals surface area contributed by atoms with E-state index >= 15 is 0 Å². The molecule has 0 aliphatic rings. The van der Waals surface area contributed by atoms with Gasteiger partial charge in [-0.15, -0.1) is 0 Å². The smallest absolute Gasteiger partial charge is 0.0372 e. The average Bonchev–Trinajstić information content (AvgIpc) is 2.25. The van der Waals surface area contributed by atoms with E-state index in [4.69, 9.17) is 5.73 Å². The van der Waals surface area contributed by atoms with Crippen molar-refractivity contribution in [1.82, 2.24) is 5.32 Å². The lowest BCUT2D eigenvalue weighted by molar-refractivity contribution is 0.238. The Kier molecular flexibility index (Phi) is 4.94. The largest absolute Gasteiger partial charge is 0.330 e. The van der Waals surface area contributed by atoms with Crippen molar-refractivity contribution < 1.29 is 0 Å². The molecule has 102 valence electrons. The molecule has 1 rings (SSSR count). The van der Waals surface area contributed by atoms with Gasteiger partial charge in [-0.2, -0.15) is 0 Å². The Hall–Kier alpha value is -0.860. The van der Waals surface area contributed by atoms with Crippen molar-refractivity contribution in [3.05, 3.63) is 34.4 Å². The standard InChI is InChI=1S/C16H28N2/c1-11-9-13(3)14(10-12(11)2)15(18-6)16(4,5)7-8-17/h9-10,15,18H,7-8,17H2,1-6H3. The molecule has 0 spiro atoms. The van der Waals surface area contributed by atoms with E-state index in [-0.39, 0.29) is 5.41 Å². The molecule has 0 aliphatic heterocycles. The lowest BCUT2D eigenvalue weighted by atomic mass is 9.76. The van der Waals surface area contributed by atoms with Crippen LogP contribution in [0, 0.1) is 26.2 Å². The summed E-state index contributed by atoms with van der Waals surface area (Å²) < 4.78 is 0. The van der Waals surface area contributed by atoms with Gasteiger partial charge in [0.2, 0.25) is 0 Å². The molecule has 1 atom stereocenters. The summed E-state index contributed by atoms with van der Waals surface area (Å²) in [4.78, 5) is 0. The Balaban J connectivity index is 3.21. The first kappa shape index (κ1) is 15.2. The predicted octanol–water partition coefficient (Wildman–Crippen LogP) is 3.25. The first-order valence-electron chi connectivity index (χ1n) is 6.78. The van der Waals surface area contributed by atoms with Crippen LogP contribution in [0.25, 0.3) is 0 Å². The highest BCUT2D eigenvalue weighted by atomic mass is 14.9. The molecule has 0 saturated carbocycles. The maximum atomic E-state index is 5.75. The predicted molar refractivity (Wildman–Crippen MR) is 79.9 cm³/mol. The Labute approximate surface area is 112 Å². The van der Waals surface area contributed by atoms with Crippen molar-refractivity contribution >= 4 is 0 Å². The Morgan fingerprint density at radius 3 is 2.17 bits per heavy atom. The van der Waals surface area contributed by atoms with Gasteiger partial charge in [-0.3, -0.25) is 0 Å². The van der Waals surface area contributed by atoms with E-state index in [0.717, 1.165) is 13.0 Å². The molecule has 1 aromatic carbocycles. The molecule has 1 unspecified atom stereocenters. The number of hydrogen-bond acceptors (Lipinski definition) is 2. The fourth-order valence-corrected chi connectivity index (χ4v) is 2.78. The normalized spacial score (nSPS) is 13.7. The lowest BCUT2D eigenvalue weighted by Crippen LogP contribution is -2.34. The summed E-state index contributed by atoms with van der Waals surface area (Å²) in [6.45, 7) is 11.9. The van der Waals surface area contributed by atoms with Crippen LogP contribution in [0.5, 0.6) is 0 Å². The van der Waals surface area contributed by atoms with Crippen LogP contribution in [-0.2, 0) is 0 Å². The molecule has 0 radical (unpaired) electrons. The van der Waals surface area contributed by atoms with Crippen LogP contribution < -0.4 is 11.1 Å². The Bertz CT molecular complexity index is 408. The van der Waals surface area contributed by atoms with Gasteiger partial charge < -0.3 is 11.1 Å². The zero-order valence-electron chi connectivity index (χ0n) is 12.7. The minimum Gasteiger partial charge on any atom is -0.330 e. The van der Waals surface area contributed by atoms with Gasteiger partial charge >= 0.3 is 0 Å². The average molecular weight is 248 g/mol. The summed E-state index contributed by atoms with van der Waals surface area (Å²) >= 11 is 0. The molecule has 3 N–H and O–H groups in total. The summed E-state index contributed by atoms with van der Waals surface area (Å²) in [5.74, 6) is 0. The van der Waals surface area contributed by atoms with Crippen LogP contribution in [0.4, 0.5) is 0 Å². The van der Waals surface area contributed by atoms with Gasteiger partial charge in [0, 0.05) is 6.04 Å². The first-order chi connectivity index (χ1) is 8.33. The van der Waals surface area contributed by atoms with Crippen LogP contribution >= 0.6 is 0 Å². The van der Waals surface area contributed by atoms with E-state index in [9.17, 15) is 0 Å². The minimum absolute atomic E-state index is 0.163. The number of rotatable bonds is 5. The summed E-state index contributed by atoms with van der Waals surface area (Å²) in [6, 6.07) is 4.96. The van der Waals surface area contributed by atoms with Gasteiger partial charge in [0.05, 0.1) is 0 Å². The molecule has 0 amide bonds. The molecule has 2 nitrogen and oxygen atoms in total. The molecule has 0 heterocycles. The molecular formula is C16H28N2. The van der Waals surface area contributed by atoms with Crippen molar-refractivity contribution in [2.75, 3.05) is 13.6 Å². The maximum Gasteiger partial charge on any atom is 0.0372 e. The minimum atomic E-state index is 0.163. The van der Waals surface area contributed by atoms with Gasteiger partial charge in [0.25, 0.3) is 0 Å². The zero-order chi connectivity index (χ0) is 13.9. The molecule has 0 aliphatic carbocycles. The van der Waals surface area contributed by atoms with Crippen LogP contribution in [0.1, 0.15) is 48.6 Å². The van der Waals surface area contributed by atoms with Crippen molar-refractivity contribution in [2.24, 2.45) is 11.1 Å². The Morgan fingerprint density at radius 2 is 1.67 bits per heavy atom. The fraction of sp³-hybridized carbons (Fsp3) is 0.625. The maximum absolute atomic E-state index is 5.75. The molecule has 0 aromatic heterocycles. The second kappa shape index (κ2) is 5.85. The van der Waals surface area contributed by atoms with E-state index in [1.807, 2.05) is 7.05 Å². The number of aryl methyl sites for hydroxylation is 3. The topological polar surface area (TPSA) is 38.0 Å². The van der Waals surface area contributed by atoms with Gasteiger partial charge in [0.1, 0.15) is 0 Å². The van der Waals surface area contributed by atoms with E-state index in [0.29, 0.717) is 6.04 Å².